The van der Waals surface area contributed by atoms with Crippen molar-refractivity contribution in [3.05, 3.63) is 53.1 Å². The predicted molar refractivity (Wildman–Crippen MR) is 81.7 cm³/mol. The van der Waals surface area contributed by atoms with Gasteiger partial charge in [-0.15, -0.1) is 0 Å². The minimum atomic E-state index is -1.09. The van der Waals surface area contributed by atoms with Crippen LogP contribution in [-0.4, -0.2) is 33.3 Å². The van der Waals surface area contributed by atoms with Crippen LogP contribution in [0.5, 0.6) is 0 Å². The van der Waals surface area contributed by atoms with Crippen LogP contribution in [0.4, 0.5) is 4.39 Å². The van der Waals surface area contributed by atoms with Gasteiger partial charge in [0.15, 0.2) is 0 Å². The Kier molecular flexibility index (Phi) is 5.10. The molecule has 2 N–H and O–H groups in total. The summed E-state index contributed by atoms with van der Waals surface area (Å²) in [6, 6.07) is 6.85. The van der Waals surface area contributed by atoms with Gasteiger partial charge in [-0.3, -0.25) is 14.3 Å². The molecule has 0 aliphatic rings. The van der Waals surface area contributed by atoms with E-state index in [9.17, 15) is 19.1 Å². The number of carboxylic acid groups (broad SMARTS) is 1. The zero-order valence-corrected chi connectivity index (χ0v) is 12.9. The molecule has 1 amide bonds. The number of aryl methyl sites for hydroxylation is 2. The van der Waals surface area contributed by atoms with E-state index in [1.807, 2.05) is 6.92 Å². The third-order valence-electron chi connectivity index (χ3n) is 3.47. The summed E-state index contributed by atoms with van der Waals surface area (Å²) in [6.07, 6.45) is 0. The van der Waals surface area contributed by atoms with E-state index in [1.165, 1.54) is 24.3 Å². The smallest absolute Gasteiger partial charge is 0.312 e. The van der Waals surface area contributed by atoms with Crippen molar-refractivity contribution in [3.8, 4) is 0 Å². The average Bonchev–Trinajstić information content (AvgIpc) is 2.90. The van der Waals surface area contributed by atoms with E-state index in [0.717, 1.165) is 0 Å². The zero-order chi connectivity index (χ0) is 17.0. The maximum atomic E-state index is 12.9. The van der Waals surface area contributed by atoms with Gasteiger partial charge >= 0.3 is 5.97 Å². The second-order valence-electron chi connectivity index (χ2n) is 5.14. The second-order valence-corrected chi connectivity index (χ2v) is 5.14. The number of carbonyl (C=O) groups is 2. The lowest BCUT2D eigenvalue weighted by Crippen LogP contribution is -2.33. The zero-order valence-electron chi connectivity index (χ0n) is 12.9. The summed E-state index contributed by atoms with van der Waals surface area (Å²) in [7, 11) is 0. The van der Waals surface area contributed by atoms with E-state index in [-0.39, 0.29) is 12.5 Å². The quantitative estimate of drug-likeness (QED) is 0.852. The predicted octanol–water partition coefficient (Wildman–Crippen LogP) is 1.95. The first-order chi connectivity index (χ1) is 10.9. The van der Waals surface area contributed by atoms with Crippen LogP contribution in [0.15, 0.2) is 30.3 Å². The number of aromatic nitrogens is 2. The molecule has 0 radical (unpaired) electrons. The summed E-state index contributed by atoms with van der Waals surface area (Å²) in [5, 5.41) is 16.1. The standard InChI is InChI=1S/C16H18FN3O3/c1-3-20-14(8-10(2)19-20)15(21)18-9-13(16(22)23)11-4-6-12(17)7-5-11/h4-8,13H,3,9H2,1-2H3,(H,18,21)(H,22,23). The van der Waals surface area contributed by atoms with Crippen molar-refractivity contribution in [2.45, 2.75) is 26.3 Å². The van der Waals surface area contributed by atoms with Crippen LogP contribution in [-0.2, 0) is 11.3 Å². The summed E-state index contributed by atoms with van der Waals surface area (Å²) in [6.45, 7) is 4.09. The fourth-order valence-corrected chi connectivity index (χ4v) is 2.30. The van der Waals surface area contributed by atoms with Crippen molar-refractivity contribution in [1.29, 1.82) is 0 Å². The lowest BCUT2D eigenvalue weighted by molar-refractivity contribution is -0.138. The van der Waals surface area contributed by atoms with Gasteiger partial charge < -0.3 is 10.4 Å². The highest BCUT2D eigenvalue weighted by molar-refractivity contribution is 5.93. The van der Waals surface area contributed by atoms with Gasteiger partial charge in [0, 0.05) is 13.1 Å². The van der Waals surface area contributed by atoms with Crippen LogP contribution >= 0.6 is 0 Å². The Morgan fingerprint density at radius 1 is 1.35 bits per heavy atom. The van der Waals surface area contributed by atoms with Gasteiger partial charge in [-0.25, -0.2) is 4.39 Å². The number of rotatable bonds is 6. The monoisotopic (exact) mass is 319 g/mol. The highest BCUT2D eigenvalue weighted by Gasteiger charge is 2.22. The molecule has 0 saturated heterocycles. The fourth-order valence-electron chi connectivity index (χ4n) is 2.30. The van der Waals surface area contributed by atoms with Gasteiger partial charge in [-0.05, 0) is 37.6 Å². The number of benzene rings is 1. The van der Waals surface area contributed by atoms with Gasteiger partial charge in [0.25, 0.3) is 5.91 Å². The molecule has 0 saturated carbocycles. The number of nitrogens with zero attached hydrogens (tertiary/aromatic N) is 2. The highest BCUT2D eigenvalue weighted by Crippen LogP contribution is 2.16. The number of hydrogen-bond donors (Lipinski definition) is 2. The normalized spacial score (nSPS) is 12.0. The number of amides is 1. The average molecular weight is 319 g/mol. The Hall–Kier alpha value is -2.70. The molecule has 7 heteroatoms. The van der Waals surface area contributed by atoms with E-state index in [0.29, 0.717) is 23.5 Å². The number of carboxylic acids is 1. The third kappa shape index (κ3) is 3.94. The van der Waals surface area contributed by atoms with Crippen molar-refractivity contribution >= 4 is 11.9 Å². The largest absolute Gasteiger partial charge is 0.481 e. The lowest BCUT2D eigenvalue weighted by Gasteiger charge is -2.14. The summed E-state index contributed by atoms with van der Waals surface area (Å²) in [5.74, 6) is -2.86. The Labute approximate surface area is 132 Å². The van der Waals surface area contributed by atoms with E-state index in [4.69, 9.17) is 0 Å². The number of nitrogens with one attached hydrogen (secondary N) is 1. The molecule has 1 aromatic carbocycles. The molecule has 2 rings (SSSR count). The Bertz CT molecular complexity index is 710. The summed E-state index contributed by atoms with van der Waals surface area (Å²) in [4.78, 5) is 23.6. The van der Waals surface area contributed by atoms with Crippen LogP contribution in [0.1, 0.15) is 34.6 Å². The Balaban J connectivity index is 2.11. The molecule has 1 unspecified atom stereocenters. The highest BCUT2D eigenvalue weighted by atomic mass is 19.1. The van der Waals surface area contributed by atoms with Crippen molar-refractivity contribution in [2.24, 2.45) is 0 Å². The van der Waals surface area contributed by atoms with Crippen LogP contribution in [0.25, 0.3) is 0 Å². The first-order valence-electron chi connectivity index (χ1n) is 7.23. The third-order valence-corrected chi connectivity index (χ3v) is 3.47. The summed E-state index contributed by atoms with van der Waals surface area (Å²) in [5.41, 5.74) is 1.53. The first-order valence-corrected chi connectivity index (χ1v) is 7.23. The lowest BCUT2D eigenvalue weighted by atomic mass is 9.99. The molecule has 0 bridgehead atoms. The van der Waals surface area contributed by atoms with E-state index >= 15 is 0 Å². The fraction of sp³-hybridized carbons (Fsp3) is 0.312. The number of aliphatic carboxylic acids is 1. The van der Waals surface area contributed by atoms with Crippen LogP contribution in [0.3, 0.4) is 0 Å². The van der Waals surface area contributed by atoms with Gasteiger partial charge in [0.2, 0.25) is 0 Å². The first kappa shape index (κ1) is 16.7. The van der Waals surface area contributed by atoms with Gasteiger partial charge in [-0.2, -0.15) is 5.10 Å². The molecule has 6 nitrogen and oxygen atoms in total. The molecule has 122 valence electrons. The maximum absolute atomic E-state index is 12.9. The van der Waals surface area contributed by atoms with E-state index in [2.05, 4.69) is 10.4 Å². The summed E-state index contributed by atoms with van der Waals surface area (Å²) >= 11 is 0. The van der Waals surface area contributed by atoms with Crippen molar-refractivity contribution in [2.75, 3.05) is 6.54 Å². The molecule has 2 aromatic rings. The Morgan fingerprint density at radius 2 is 2.00 bits per heavy atom. The van der Waals surface area contributed by atoms with Crippen molar-refractivity contribution < 1.29 is 19.1 Å². The van der Waals surface area contributed by atoms with Crippen LogP contribution < -0.4 is 5.32 Å². The van der Waals surface area contributed by atoms with Gasteiger partial charge in [0.05, 0.1) is 11.6 Å². The minimum absolute atomic E-state index is 0.0895. The molecule has 0 fully saturated rings. The maximum Gasteiger partial charge on any atom is 0.312 e. The summed E-state index contributed by atoms with van der Waals surface area (Å²) < 4.78 is 14.5. The van der Waals surface area contributed by atoms with Crippen LogP contribution in [0, 0.1) is 12.7 Å². The van der Waals surface area contributed by atoms with E-state index < -0.39 is 17.7 Å². The number of carbonyl (C=O) groups excluding carboxylic acids is 1. The molecule has 0 aliphatic heterocycles. The van der Waals surface area contributed by atoms with Crippen molar-refractivity contribution in [1.82, 2.24) is 15.1 Å². The molecule has 1 aromatic heterocycles. The number of hydrogen-bond acceptors (Lipinski definition) is 3. The molecule has 0 aliphatic carbocycles. The van der Waals surface area contributed by atoms with Crippen molar-refractivity contribution in [3.63, 3.8) is 0 Å². The Morgan fingerprint density at radius 3 is 2.57 bits per heavy atom. The van der Waals surface area contributed by atoms with Gasteiger partial charge in [-0.1, -0.05) is 12.1 Å². The molecule has 0 spiro atoms. The topological polar surface area (TPSA) is 84.2 Å². The molecule has 1 heterocycles. The second kappa shape index (κ2) is 7.04. The van der Waals surface area contributed by atoms with Gasteiger partial charge in [0.1, 0.15) is 11.5 Å². The molecule has 23 heavy (non-hydrogen) atoms. The molecular weight excluding hydrogens is 301 g/mol. The molecule has 1 atom stereocenters. The number of halogens is 1. The minimum Gasteiger partial charge on any atom is -0.481 e. The van der Waals surface area contributed by atoms with Crippen LogP contribution in [0.2, 0.25) is 0 Å². The van der Waals surface area contributed by atoms with E-state index in [1.54, 1.807) is 17.7 Å². The SMILES string of the molecule is CCn1nc(C)cc1C(=O)NCC(C(=O)O)c1ccc(F)cc1. The molecular formula is C16H18FN3O3.